The van der Waals surface area contributed by atoms with E-state index in [-0.39, 0.29) is 5.91 Å². The topological polar surface area (TPSA) is 69.0 Å². The van der Waals surface area contributed by atoms with Crippen LogP contribution < -0.4 is 10.1 Å². The predicted molar refractivity (Wildman–Crippen MR) is 103 cm³/mol. The zero-order valence-electron chi connectivity index (χ0n) is 14.6. The van der Waals surface area contributed by atoms with Crippen molar-refractivity contribution in [3.05, 3.63) is 70.3 Å². The predicted octanol–water partition coefficient (Wildman–Crippen LogP) is 3.32. The summed E-state index contributed by atoms with van der Waals surface area (Å²) < 4.78 is 8.19. The number of ether oxygens (including phenoxy) is 1. The normalized spacial score (nSPS) is 10.6. The fraction of sp³-hybridized carbons (Fsp3) is 0.211. The molecule has 0 bridgehead atoms. The van der Waals surface area contributed by atoms with Gasteiger partial charge in [0.15, 0.2) is 0 Å². The van der Waals surface area contributed by atoms with Crippen molar-refractivity contribution in [2.45, 2.75) is 13.3 Å². The van der Waals surface area contributed by atoms with E-state index >= 15 is 0 Å². The fourth-order valence-corrected chi connectivity index (χ4v) is 2.79. The molecule has 0 aliphatic heterocycles. The van der Waals surface area contributed by atoms with Gasteiger partial charge in [0.25, 0.3) is 5.91 Å². The molecule has 0 radical (unpaired) electrons. The third-order valence-electron chi connectivity index (χ3n) is 3.87. The number of carbonyl (C=O) groups excluding carboxylic acids is 1. The molecule has 3 rings (SSSR count). The lowest BCUT2D eigenvalue weighted by molar-refractivity contribution is 0.0948. The summed E-state index contributed by atoms with van der Waals surface area (Å²) in [5.74, 6) is 0.150. The van der Waals surface area contributed by atoms with Crippen molar-refractivity contribution in [2.24, 2.45) is 0 Å². The Bertz CT molecular complexity index is 906. The van der Waals surface area contributed by atoms with Gasteiger partial charge in [-0.2, -0.15) is 0 Å². The van der Waals surface area contributed by atoms with Crippen molar-refractivity contribution in [2.75, 3.05) is 13.7 Å². The van der Waals surface area contributed by atoms with E-state index in [0.29, 0.717) is 18.1 Å². The lowest BCUT2D eigenvalue weighted by atomic mass is 10.1. The molecule has 1 amide bonds. The Balaban J connectivity index is 1.66. The van der Waals surface area contributed by atoms with E-state index < -0.39 is 0 Å². The van der Waals surface area contributed by atoms with E-state index in [2.05, 4.69) is 31.2 Å². The van der Waals surface area contributed by atoms with Crippen LogP contribution >= 0.6 is 15.9 Å². The maximum Gasteiger partial charge on any atom is 0.270 e. The van der Waals surface area contributed by atoms with Gasteiger partial charge in [0.2, 0.25) is 5.88 Å². The first-order valence-corrected chi connectivity index (χ1v) is 8.95. The van der Waals surface area contributed by atoms with E-state index in [9.17, 15) is 4.79 Å². The summed E-state index contributed by atoms with van der Waals surface area (Å²) in [5.41, 5.74) is 3.10. The van der Waals surface area contributed by atoms with Crippen molar-refractivity contribution in [1.29, 1.82) is 0 Å². The molecule has 0 aliphatic carbocycles. The van der Waals surface area contributed by atoms with Gasteiger partial charge in [-0.05, 0) is 43.2 Å². The quantitative estimate of drug-likeness (QED) is 0.671. The summed E-state index contributed by atoms with van der Waals surface area (Å²) in [5, 5.41) is 2.89. The zero-order chi connectivity index (χ0) is 18.5. The van der Waals surface area contributed by atoms with Gasteiger partial charge in [-0.3, -0.25) is 4.79 Å². The first-order valence-electron chi connectivity index (χ1n) is 8.15. The lowest BCUT2D eigenvalue weighted by Crippen LogP contribution is -2.26. The molecule has 0 fully saturated rings. The second kappa shape index (κ2) is 8.14. The number of imidazole rings is 1. The maximum absolute atomic E-state index is 12.4. The summed E-state index contributed by atoms with van der Waals surface area (Å²) >= 11 is 3.41. The molecule has 3 aromatic rings. The summed E-state index contributed by atoms with van der Waals surface area (Å²) in [6, 6.07) is 11.5. The number of hydrogen-bond acceptors (Lipinski definition) is 4. The number of nitrogens with zero attached hydrogens (tertiary/aromatic N) is 3. The number of aromatic nitrogens is 3. The molecule has 6 nitrogen and oxygen atoms in total. The van der Waals surface area contributed by atoms with Crippen molar-refractivity contribution in [1.82, 2.24) is 19.9 Å². The highest BCUT2D eigenvalue weighted by atomic mass is 79.9. The Morgan fingerprint density at radius 2 is 2.00 bits per heavy atom. The van der Waals surface area contributed by atoms with E-state index in [0.717, 1.165) is 27.8 Å². The van der Waals surface area contributed by atoms with Gasteiger partial charge in [0, 0.05) is 17.2 Å². The molecule has 0 saturated carbocycles. The molecule has 0 aliphatic rings. The molecule has 134 valence electrons. The highest BCUT2D eigenvalue weighted by Crippen LogP contribution is 2.21. The van der Waals surface area contributed by atoms with Crippen LogP contribution in [0.4, 0.5) is 0 Å². The van der Waals surface area contributed by atoms with Crippen LogP contribution in [-0.2, 0) is 6.42 Å². The van der Waals surface area contributed by atoms with Gasteiger partial charge in [-0.25, -0.2) is 9.97 Å². The molecule has 2 aromatic heterocycles. The summed E-state index contributed by atoms with van der Waals surface area (Å²) in [6.07, 6.45) is 4.31. The van der Waals surface area contributed by atoms with Crippen molar-refractivity contribution in [3.8, 4) is 11.6 Å². The third kappa shape index (κ3) is 4.29. The fourth-order valence-electron chi connectivity index (χ4n) is 2.52. The number of aryl methyl sites for hydroxylation is 1. The molecule has 26 heavy (non-hydrogen) atoms. The minimum Gasteiger partial charge on any atom is -0.479 e. The van der Waals surface area contributed by atoms with Gasteiger partial charge < -0.3 is 14.6 Å². The monoisotopic (exact) mass is 414 g/mol. The van der Waals surface area contributed by atoms with E-state index in [1.807, 2.05) is 42.0 Å². The van der Waals surface area contributed by atoms with Gasteiger partial charge in [-0.1, -0.05) is 28.1 Å². The summed E-state index contributed by atoms with van der Waals surface area (Å²) in [6.45, 7) is 2.44. The largest absolute Gasteiger partial charge is 0.479 e. The number of rotatable bonds is 6. The Hall–Kier alpha value is -2.67. The summed E-state index contributed by atoms with van der Waals surface area (Å²) in [4.78, 5) is 20.9. The second-order valence-corrected chi connectivity index (χ2v) is 6.70. The molecule has 1 N–H and O–H groups in total. The maximum atomic E-state index is 12.4. The van der Waals surface area contributed by atoms with Crippen LogP contribution in [0.3, 0.4) is 0 Å². The molecule has 0 unspecified atom stereocenters. The van der Waals surface area contributed by atoms with Crippen LogP contribution in [0.5, 0.6) is 5.88 Å². The van der Waals surface area contributed by atoms with E-state index in [1.54, 1.807) is 18.5 Å². The van der Waals surface area contributed by atoms with Crippen molar-refractivity contribution < 1.29 is 9.53 Å². The molecule has 2 heterocycles. The number of hydrogen-bond donors (Lipinski definition) is 1. The first-order chi connectivity index (χ1) is 12.6. The molecule has 7 heteroatoms. The minimum atomic E-state index is -0.228. The number of nitrogens with one attached hydrogen (secondary N) is 1. The second-order valence-electron chi connectivity index (χ2n) is 5.78. The van der Waals surface area contributed by atoms with Crippen molar-refractivity contribution >= 4 is 21.8 Å². The van der Waals surface area contributed by atoms with Crippen LogP contribution in [0.2, 0.25) is 0 Å². The van der Waals surface area contributed by atoms with E-state index in [4.69, 9.17) is 4.74 Å². The van der Waals surface area contributed by atoms with Crippen LogP contribution in [-0.4, -0.2) is 34.1 Å². The first kappa shape index (κ1) is 18.1. The van der Waals surface area contributed by atoms with Gasteiger partial charge >= 0.3 is 0 Å². The highest BCUT2D eigenvalue weighted by molar-refractivity contribution is 9.10. The van der Waals surface area contributed by atoms with E-state index in [1.165, 1.54) is 7.11 Å². The van der Waals surface area contributed by atoms with Crippen molar-refractivity contribution in [3.63, 3.8) is 0 Å². The lowest BCUT2D eigenvalue weighted by Gasteiger charge is -2.10. The zero-order valence-corrected chi connectivity index (χ0v) is 16.2. The molecule has 0 saturated heterocycles. The number of benzene rings is 1. The highest BCUT2D eigenvalue weighted by Gasteiger charge is 2.13. The number of amides is 1. The minimum absolute atomic E-state index is 0.228. The molecular weight excluding hydrogens is 396 g/mol. The summed E-state index contributed by atoms with van der Waals surface area (Å²) in [7, 11) is 1.53. The average Bonchev–Trinajstić information content (AvgIpc) is 3.09. The SMILES string of the molecule is COc1nc(C(=O)NCCc2ccc(Br)cc2)ccc1-n1cnc(C)c1. The molecule has 1 aromatic carbocycles. The Morgan fingerprint density at radius 3 is 2.65 bits per heavy atom. The van der Waals surface area contributed by atoms with Gasteiger partial charge in [0.1, 0.15) is 11.4 Å². The number of halogens is 1. The Kier molecular flexibility index (Phi) is 5.68. The standard InChI is InChI=1S/C19H19BrN4O2/c1-13-11-24(12-22-13)17-8-7-16(23-19(17)26-2)18(25)21-10-9-14-3-5-15(20)6-4-14/h3-8,11-12H,9-10H2,1-2H3,(H,21,25). The average molecular weight is 415 g/mol. The third-order valence-corrected chi connectivity index (χ3v) is 4.40. The van der Waals surface area contributed by atoms with Gasteiger partial charge in [0.05, 0.1) is 19.1 Å². The van der Waals surface area contributed by atoms with Crippen LogP contribution in [0, 0.1) is 6.92 Å². The number of pyridine rings is 1. The Morgan fingerprint density at radius 1 is 1.23 bits per heavy atom. The molecular formula is C19H19BrN4O2. The van der Waals surface area contributed by atoms with Gasteiger partial charge in [-0.15, -0.1) is 0 Å². The van der Waals surface area contributed by atoms with Crippen LogP contribution in [0.25, 0.3) is 5.69 Å². The molecule has 0 spiro atoms. The number of methoxy groups -OCH3 is 1. The molecule has 0 atom stereocenters. The van der Waals surface area contributed by atoms with Crippen LogP contribution in [0.15, 0.2) is 53.4 Å². The smallest absolute Gasteiger partial charge is 0.270 e. The Labute approximate surface area is 160 Å². The van der Waals surface area contributed by atoms with Crippen LogP contribution in [0.1, 0.15) is 21.7 Å². The number of carbonyl (C=O) groups is 1.